The fraction of sp³-hybridized carbons (Fsp3) is 0.412. The lowest BCUT2D eigenvalue weighted by atomic mass is 10.2. The Hall–Kier alpha value is -1.52. The molecule has 0 aliphatic heterocycles. The highest BCUT2D eigenvalue weighted by Gasteiger charge is 2.05. The van der Waals surface area contributed by atoms with E-state index in [0.29, 0.717) is 0 Å². The van der Waals surface area contributed by atoms with Gasteiger partial charge in [-0.3, -0.25) is 0 Å². The van der Waals surface area contributed by atoms with Gasteiger partial charge in [0.25, 0.3) is 0 Å². The second kappa shape index (κ2) is 8.70. The number of thiophene rings is 1. The van der Waals surface area contributed by atoms with Gasteiger partial charge in [0.05, 0.1) is 13.7 Å². The van der Waals surface area contributed by atoms with Crippen LogP contribution in [0.15, 0.2) is 35.7 Å². The fourth-order valence-corrected chi connectivity index (χ4v) is 2.69. The molecule has 2 rings (SSSR count). The van der Waals surface area contributed by atoms with Gasteiger partial charge in [-0.05, 0) is 35.6 Å². The van der Waals surface area contributed by atoms with E-state index < -0.39 is 0 Å². The van der Waals surface area contributed by atoms with Crippen molar-refractivity contribution < 1.29 is 9.47 Å². The van der Waals surface area contributed by atoms with Crippen molar-refractivity contribution >= 4 is 11.3 Å². The van der Waals surface area contributed by atoms with E-state index in [1.165, 1.54) is 10.4 Å². The zero-order chi connectivity index (χ0) is 14.9. The molecule has 3 nitrogen and oxygen atoms in total. The maximum absolute atomic E-state index is 5.74. The van der Waals surface area contributed by atoms with Gasteiger partial charge >= 0.3 is 0 Å². The van der Waals surface area contributed by atoms with E-state index in [1.807, 2.05) is 12.1 Å². The third kappa shape index (κ3) is 5.06. The van der Waals surface area contributed by atoms with Crippen LogP contribution in [0.2, 0.25) is 0 Å². The first kappa shape index (κ1) is 15.9. The number of benzene rings is 1. The topological polar surface area (TPSA) is 30.5 Å². The van der Waals surface area contributed by atoms with Gasteiger partial charge in [-0.25, -0.2) is 0 Å². The minimum absolute atomic E-state index is 0.739. The van der Waals surface area contributed by atoms with Gasteiger partial charge in [0.1, 0.15) is 0 Å². The molecular weight excluding hydrogens is 282 g/mol. The number of hydrogen-bond donors (Lipinski definition) is 1. The quantitative estimate of drug-likeness (QED) is 0.703. The lowest BCUT2D eigenvalue weighted by Crippen LogP contribution is -2.11. The van der Waals surface area contributed by atoms with Crippen LogP contribution in [0.1, 0.15) is 30.2 Å². The van der Waals surface area contributed by atoms with Crippen LogP contribution in [0.25, 0.3) is 0 Å². The monoisotopic (exact) mass is 305 g/mol. The number of nitrogens with one attached hydrogen (secondary N) is 1. The molecule has 114 valence electrons. The zero-order valence-corrected chi connectivity index (χ0v) is 13.5. The molecular formula is C17H23NO2S. The lowest BCUT2D eigenvalue weighted by Gasteiger charge is -2.12. The summed E-state index contributed by atoms with van der Waals surface area (Å²) < 4.78 is 11.2. The Kier molecular flexibility index (Phi) is 6.57. The molecule has 0 saturated carbocycles. The second-order valence-corrected chi connectivity index (χ2v) is 5.90. The molecule has 0 radical (unpaired) electrons. The van der Waals surface area contributed by atoms with Crippen LogP contribution >= 0.6 is 11.3 Å². The van der Waals surface area contributed by atoms with E-state index in [2.05, 4.69) is 35.8 Å². The first-order chi connectivity index (χ1) is 10.3. The van der Waals surface area contributed by atoms with Crippen molar-refractivity contribution in [3.8, 4) is 11.5 Å². The largest absolute Gasteiger partial charge is 0.493 e. The van der Waals surface area contributed by atoms with Crippen molar-refractivity contribution in [3.05, 3.63) is 46.2 Å². The summed E-state index contributed by atoms with van der Waals surface area (Å²) in [6, 6.07) is 10.3. The van der Waals surface area contributed by atoms with Gasteiger partial charge in [0.2, 0.25) is 0 Å². The number of ether oxygens (including phenoxy) is 2. The Morgan fingerprint density at radius 2 is 2.05 bits per heavy atom. The van der Waals surface area contributed by atoms with E-state index in [1.54, 1.807) is 18.4 Å². The lowest BCUT2D eigenvalue weighted by molar-refractivity contribution is 0.288. The highest BCUT2D eigenvalue weighted by molar-refractivity contribution is 7.09. The summed E-state index contributed by atoms with van der Waals surface area (Å²) in [6.45, 7) is 4.62. The Morgan fingerprint density at radius 3 is 2.76 bits per heavy atom. The molecule has 0 saturated heterocycles. The molecule has 1 aromatic heterocycles. The minimum Gasteiger partial charge on any atom is -0.493 e. The van der Waals surface area contributed by atoms with Crippen molar-refractivity contribution in [1.29, 1.82) is 0 Å². The molecule has 0 aliphatic rings. The Bertz CT molecular complexity index is 526. The highest BCUT2D eigenvalue weighted by Crippen LogP contribution is 2.28. The highest BCUT2D eigenvalue weighted by atomic mass is 32.1. The van der Waals surface area contributed by atoms with Crippen molar-refractivity contribution in [3.63, 3.8) is 0 Å². The van der Waals surface area contributed by atoms with Gasteiger partial charge in [0, 0.05) is 18.0 Å². The smallest absolute Gasteiger partial charge is 0.161 e. The van der Waals surface area contributed by atoms with Crippen LogP contribution in [0.5, 0.6) is 11.5 Å². The first-order valence-corrected chi connectivity index (χ1v) is 8.24. The van der Waals surface area contributed by atoms with Crippen LogP contribution in [0.3, 0.4) is 0 Å². The predicted molar refractivity (Wildman–Crippen MR) is 88.3 cm³/mol. The molecule has 4 heteroatoms. The summed E-state index contributed by atoms with van der Waals surface area (Å²) in [6.07, 6.45) is 2.19. The first-order valence-electron chi connectivity index (χ1n) is 7.36. The van der Waals surface area contributed by atoms with E-state index in [4.69, 9.17) is 9.47 Å². The molecule has 0 bridgehead atoms. The standard InChI is InChI=1S/C17H23NO2S/c1-3-4-9-20-16-8-7-14(11-17(16)19-2)12-18-13-15-6-5-10-21-15/h5-8,10-11,18H,3-4,9,12-13H2,1-2H3. The fourth-order valence-electron chi connectivity index (χ4n) is 2.01. The zero-order valence-electron chi connectivity index (χ0n) is 12.7. The summed E-state index contributed by atoms with van der Waals surface area (Å²) in [5.41, 5.74) is 1.20. The molecule has 21 heavy (non-hydrogen) atoms. The van der Waals surface area contributed by atoms with Crippen LogP contribution in [-0.2, 0) is 13.1 Å². The van der Waals surface area contributed by atoms with Gasteiger partial charge in [-0.15, -0.1) is 11.3 Å². The minimum atomic E-state index is 0.739. The predicted octanol–water partition coefficient (Wildman–Crippen LogP) is 4.23. The average molecular weight is 305 g/mol. The summed E-state index contributed by atoms with van der Waals surface area (Å²) >= 11 is 1.77. The number of methoxy groups -OCH3 is 1. The molecule has 0 aliphatic carbocycles. The Balaban J connectivity index is 1.88. The maximum atomic E-state index is 5.74. The van der Waals surface area contributed by atoms with Crippen molar-refractivity contribution in [2.75, 3.05) is 13.7 Å². The van der Waals surface area contributed by atoms with Gasteiger partial charge in [-0.2, -0.15) is 0 Å². The molecule has 1 heterocycles. The molecule has 0 fully saturated rings. The van der Waals surface area contributed by atoms with Crippen molar-refractivity contribution in [2.24, 2.45) is 0 Å². The molecule has 0 amide bonds. The maximum Gasteiger partial charge on any atom is 0.161 e. The molecule has 1 aromatic carbocycles. The Labute approximate surface area is 130 Å². The van der Waals surface area contributed by atoms with Gasteiger partial charge in [0.15, 0.2) is 11.5 Å². The number of unbranched alkanes of at least 4 members (excludes halogenated alkanes) is 1. The summed E-state index contributed by atoms with van der Waals surface area (Å²) in [4.78, 5) is 1.35. The van der Waals surface area contributed by atoms with Crippen LogP contribution in [0.4, 0.5) is 0 Å². The van der Waals surface area contributed by atoms with Crippen LogP contribution in [0, 0.1) is 0 Å². The average Bonchev–Trinajstić information content (AvgIpc) is 3.02. The van der Waals surface area contributed by atoms with Crippen LogP contribution < -0.4 is 14.8 Å². The summed E-state index contributed by atoms with van der Waals surface area (Å²) in [5, 5.41) is 5.54. The molecule has 0 atom stereocenters. The molecule has 0 spiro atoms. The van der Waals surface area contributed by atoms with E-state index in [-0.39, 0.29) is 0 Å². The third-order valence-electron chi connectivity index (χ3n) is 3.19. The number of rotatable bonds is 9. The third-order valence-corrected chi connectivity index (χ3v) is 4.07. The normalized spacial score (nSPS) is 10.6. The SMILES string of the molecule is CCCCOc1ccc(CNCc2cccs2)cc1OC. The summed E-state index contributed by atoms with van der Waals surface area (Å²) in [7, 11) is 1.69. The molecule has 2 aromatic rings. The van der Waals surface area contributed by atoms with E-state index in [0.717, 1.165) is 44.0 Å². The van der Waals surface area contributed by atoms with Gasteiger partial charge in [-0.1, -0.05) is 25.5 Å². The van der Waals surface area contributed by atoms with E-state index in [9.17, 15) is 0 Å². The van der Waals surface area contributed by atoms with Gasteiger partial charge < -0.3 is 14.8 Å². The van der Waals surface area contributed by atoms with Crippen LogP contribution in [-0.4, -0.2) is 13.7 Å². The molecule has 0 unspecified atom stereocenters. The summed E-state index contributed by atoms with van der Waals surface area (Å²) in [5.74, 6) is 1.63. The van der Waals surface area contributed by atoms with Crippen molar-refractivity contribution in [1.82, 2.24) is 5.32 Å². The number of hydrogen-bond acceptors (Lipinski definition) is 4. The second-order valence-electron chi connectivity index (χ2n) is 4.87. The van der Waals surface area contributed by atoms with Crippen molar-refractivity contribution in [2.45, 2.75) is 32.9 Å². The van der Waals surface area contributed by atoms with E-state index >= 15 is 0 Å². The molecule has 1 N–H and O–H groups in total. The Morgan fingerprint density at radius 1 is 1.14 bits per heavy atom.